The molecule has 0 amide bonds. The van der Waals surface area contributed by atoms with E-state index >= 15 is 0 Å². The van der Waals surface area contributed by atoms with Crippen molar-refractivity contribution in [1.82, 2.24) is 9.97 Å². The lowest BCUT2D eigenvalue weighted by atomic mass is 10.3. The van der Waals surface area contributed by atoms with Gasteiger partial charge in [-0.2, -0.15) is 5.26 Å². The summed E-state index contributed by atoms with van der Waals surface area (Å²) in [5.41, 5.74) is 1.37. The molecule has 0 saturated heterocycles. The first kappa shape index (κ1) is 9.03. The number of halogens is 1. The standard InChI is InChI=1S/C9H6FN3S/c10-6-1-2-7-8(5-6)13-9(12-7)14-4-3-11/h1-2,5H,4H2,(H,12,13). The molecule has 1 aromatic heterocycles. The molecule has 0 saturated carbocycles. The number of nitriles is 1. The van der Waals surface area contributed by atoms with Gasteiger partial charge in [0.2, 0.25) is 0 Å². The number of aromatic amines is 1. The summed E-state index contributed by atoms with van der Waals surface area (Å²) in [6.07, 6.45) is 0. The summed E-state index contributed by atoms with van der Waals surface area (Å²) < 4.78 is 12.8. The molecule has 0 atom stereocenters. The predicted octanol–water partition coefficient (Wildman–Crippen LogP) is 2.32. The summed E-state index contributed by atoms with van der Waals surface area (Å²) in [7, 11) is 0. The summed E-state index contributed by atoms with van der Waals surface area (Å²) in [4.78, 5) is 7.11. The third-order valence-corrected chi connectivity index (χ3v) is 2.44. The SMILES string of the molecule is N#CCSc1nc2ccc(F)cc2[nH]1. The summed E-state index contributed by atoms with van der Waals surface area (Å²) in [5.74, 6) is 0.0421. The number of H-pyrrole nitrogens is 1. The number of nitrogens with one attached hydrogen (secondary N) is 1. The molecule has 1 N–H and O–H groups in total. The van der Waals surface area contributed by atoms with Crippen LogP contribution in [0.1, 0.15) is 0 Å². The average Bonchev–Trinajstić information content (AvgIpc) is 2.56. The van der Waals surface area contributed by atoms with Crippen LogP contribution in [-0.4, -0.2) is 15.7 Å². The van der Waals surface area contributed by atoms with E-state index in [-0.39, 0.29) is 5.82 Å². The van der Waals surface area contributed by atoms with E-state index < -0.39 is 0 Å². The summed E-state index contributed by atoms with van der Waals surface area (Å²) >= 11 is 1.30. The molecule has 0 aliphatic carbocycles. The second kappa shape index (κ2) is 3.68. The fourth-order valence-corrected chi connectivity index (χ4v) is 1.67. The molecular weight excluding hydrogens is 201 g/mol. The van der Waals surface area contributed by atoms with E-state index in [1.54, 1.807) is 6.07 Å². The summed E-state index contributed by atoms with van der Waals surface area (Å²) in [5, 5.41) is 9.02. The van der Waals surface area contributed by atoms with E-state index in [0.717, 1.165) is 0 Å². The van der Waals surface area contributed by atoms with Gasteiger partial charge in [0.25, 0.3) is 0 Å². The lowest BCUT2D eigenvalue weighted by Crippen LogP contribution is -1.75. The highest BCUT2D eigenvalue weighted by molar-refractivity contribution is 7.99. The van der Waals surface area contributed by atoms with E-state index in [9.17, 15) is 4.39 Å². The number of hydrogen-bond acceptors (Lipinski definition) is 3. The maximum atomic E-state index is 12.8. The molecule has 0 aliphatic heterocycles. The minimum atomic E-state index is -0.294. The molecule has 2 rings (SSSR count). The van der Waals surface area contributed by atoms with Gasteiger partial charge in [0, 0.05) is 0 Å². The normalized spacial score (nSPS) is 10.3. The number of aromatic nitrogens is 2. The van der Waals surface area contributed by atoms with Gasteiger partial charge >= 0.3 is 0 Å². The molecule has 0 fully saturated rings. The first-order valence-electron chi connectivity index (χ1n) is 3.94. The van der Waals surface area contributed by atoms with Crippen LogP contribution in [0.15, 0.2) is 23.4 Å². The van der Waals surface area contributed by atoms with E-state index in [1.807, 2.05) is 6.07 Å². The quantitative estimate of drug-likeness (QED) is 0.769. The zero-order valence-corrected chi connectivity index (χ0v) is 7.94. The van der Waals surface area contributed by atoms with Gasteiger partial charge in [-0.1, -0.05) is 11.8 Å². The van der Waals surface area contributed by atoms with Crippen LogP contribution in [0.5, 0.6) is 0 Å². The highest BCUT2D eigenvalue weighted by Crippen LogP contribution is 2.19. The second-order valence-corrected chi connectivity index (χ2v) is 3.61. The van der Waals surface area contributed by atoms with Crippen molar-refractivity contribution in [2.75, 3.05) is 5.75 Å². The molecule has 1 heterocycles. The van der Waals surface area contributed by atoms with Crippen molar-refractivity contribution < 1.29 is 4.39 Å². The molecule has 0 unspecified atom stereocenters. The molecule has 14 heavy (non-hydrogen) atoms. The Morgan fingerprint density at radius 3 is 3.21 bits per heavy atom. The summed E-state index contributed by atoms with van der Waals surface area (Å²) in [6.45, 7) is 0. The largest absolute Gasteiger partial charge is 0.333 e. The van der Waals surface area contributed by atoms with Crippen LogP contribution >= 0.6 is 11.8 Å². The lowest BCUT2D eigenvalue weighted by molar-refractivity contribution is 0.629. The van der Waals surface area contributed by atoms with Crippen LogP contribution in [-0.2, 0) is 0 Å². The third kappa shape index (κ3) is 1.70. The number of hydrogen-bond donors (Lipinski definition) is 1. The molecule has 3 nitrogen and oxygen atoms in total. The Balaban J connectivity index is 2.37. The Labute approximate surface area is 84.0 Å². The first-order chi connectivity index (χ1) is 6.79. The number of nitrogens with zero attached hydrogens (tertiary/aromatic N) is 2. The van der Waals surface area contributed by atoms with Crippen molar-refractivity contribution in [3.05, 3.63) is 24.0 Å². The van der Waals surface area contributed by atoms with Crippen LogP contribution in [0, 0.1) is 17.1 Å². The molecule has 0 aliphatic rings. The van der Waals surface area contributed by atoms with Crippen LogP contribution in [0.25, 0.3) is 11.0 Å². The second-order valence-electron chi connectivity index (χ2n) is 2.65. The van der Waals surface area contributed by atoms with Gasteiger partial charge in [-0.3, -0.25) is 0 Å². The van der Waals surface area contributed by atoms with Gasteiger partial charge in [-0.05, 0) is 18.2 Å². The Hall–Kier alpha value is -1.54. The van der Waals surface area contributed by atoms with Gasteiger partial charge < -0.3 is 4.98 Å². The molecule has 0 radical (unpaired) electrons. The van der Waals surface area contributed by atoms with Crippen LogP contribution in [0.2, 0.25) is 0 Å². The van der Waals surface area contributed by atoms with Crippen LogP contribution in [0.3, 0.4) is 0 Å². The van der Waals surface area contributed by atoms with E-state index in [4.69, 9.17) is 5.26 Å². The van der Waals surface area contributed by atoms with Gasteiger partial charge in [0.1, 0.15) is 5.82 Å². The number of rotatable bonds is 2. The highest BCUT2D eigenvalue weighted by atomic mass is 32.2. The summed E-state index contributed by atoms with van der Waals surface area (Å²) in [6, 6.07) is 6.36. The topological polar surface area (TPSA) is 52.5 Å². The maximum absolute atomic E-state index is 12.8. The Bertz CT molecular complexity index is 500. The van der Waals surface area contributed by atoms with Crippen molar-refractivity contribution >= 4 is 22.8 Å². The fourth-order valence-electron chi connectivity index (χ4n) is 1.13. The van der Waals surface area contributed by atoms with Crippen molar-refractivity contribution in [3.63, 3.8) is 0 Å². The smallest absolute Gasteiger partial charge is 0.167 e. The fraction of sp³-hybridized carbons (Fsp3) is 0.111. The van der Waals surface area contributed by atoms with Gasteiger partial charge in [0.15, 0.2) is 5.16 Å². The van der Waals surface area contributed by atoms with E-state index in [2.05, 4.69) is 9.97 Å². The van der Waals surface area contributed by atoms with Gasteiger partial charge in [-0.15, -0.1) is 0 Å². The van der Waals surface area contributed by atoms with Crippen molar-refractivity contribution in [2.45, 2.75) is 5.16 Å². The monoisotopic (exact) mass is 207 g/mol. The molecule has 70 valence electrons. The zero-order valence-electron chi connectivity index (χ0n) is 7.12. The Morgan fingerprint density at radius 2 is 2.43 bits per heavy atom. The zero-order chi connectivity index (χ0) is 9.97. The lowest BCUT2D eigenvalue weighted by Gasteiger charge is -1.86. The van der Waals surface area contributed by atoms with Gasteiger partial charge in [0.05, 0.1) is 22.9 Å². The molecule has 5 heteroatoms. The number of thioether (sulfide) groups is 1. The molecular formula is C9H6FN3S. The first-order valence-corrected chi connectivity index (χ1v) is 4.93. The highest BCUT2D eigenvalue weighted by Gasteiger charge is 2.03. The van der Waals surface area contributed by atoms with E-state index in [0.29, 0.717) is 21.9 Å². The maximum Gasteiger partial charge on any atom is 0.167 e. The average molecular weight is 207 g/mol. The predicted molar refractivity (Wildman–Crippen MR) is 52.4 cm³/mol. The molecule has 0 bridgehead atoms. The minimum absolute atomic E-state index is 0.294. The van der Waals surface area contributed by atoms with Crippen LogP contribution in [0.4, 0.5) is 4.39 Å². The van der Waals surface area contributed by atoms with Crippen molar-refractivity contribution in [2.24, 2.45) is 0 Å². The molecule has 2 aromatic rings. The minimum Gasteiger partial charge on any atom is -0.333 e. The Morgan fingerprint density at radius 1 is 1.57 bits per heavy atom. The van der Waals surface area contributed by atoms with Crippen molar-refractivity contribution in [1.29, 1.82) is 5.26 Å². The molecule has 0 spiro atoms. The van der Waals surface area contributed by atoms with E-state index in [1.165, 1.54) is 23.9 Å². The molecule has 1 aromatic carbocycles. The van der Waals surface area contributed by atoms with Gasteiger partial charge in [-0.25, -0.2) is 9.37 Å². The third-order valence-electron chi connectivity index (χ3n) is 1.70. The van der Waals surface area contributed by atoms with Crippen LogP contribution < -0.4 is 0 Å². The number of imidazole rings is 1. The van der Waals surface area contributed by atoms with Crippen molar-refractivity contribution in [3.8, 4) is 6.07 Å². The number of benzene rings is 1. The Kier molecular flexibility index (Phi) is 2.37. The number of fused-ring (bicyclic) bond motifs is 1.